The molecule has 0 aliphatic rings. The highest BCUT2D eigenvalue weighted by atomic mass is 32.2. The molecule has 0 radical (unpaired) electrons. The second kappa shape index (κ2) is 11.8. The third kappa shape index (κ3) is 8.34. The van der Waals surface area contributed by atoms with Gasteiger partial charge in [-0.3, -0.25) is 19.7 Å². The van der Waals surface area contributed by atoms with Gasteiger partial charge in [0.15, 0.2) is 0 Å². The van der Waals surface area contributed by atoms with Crippen molar-refractivity contribution in [1.82, 2.24) is 15.4 Å². The lowest BCUT2D eigenvalue weighted by molar-refractivity contribution is -0.125. The van der Waals surface area contributed by atoms with E-state index >= 15 is 0 Å². The van der Waals surface area contributed by atoms with Gasteiger partial charge in [0.05, 0.1) is 13.1 Å². The molecule has 9 heteroatoms. The molecule has 2 aromatic carbocycles. The Morgan fingerprint density at radius 3 is 2.07 bits per heavy atom. The molecule has 0 aromatic heterocycles. The van der Waals surface area contributed by atoms with E-state index in [-0.39, 0.29) is 30.7 Å². The number of carbonyl (C=O) groups excluding carboxylic acids is 2. The van der Waals surface area contributed by atoms with E-state index in [1.807, 2.05) is 24.3 Å². The van der Waals surface area contributed by atoms with Gasteiger partial charge in [0, 0.05) is 24.4 Å². The second-order valence-electron chi connectivity index (χ2n) is 6.29. The standard InChI is InChI=1S/C20H26N6O2S/c21-9-14-1-3-16(4-2-14)13-29-26-12-19(28)25-11-18(27)24-10-15-5-7-17(8-6-15)20(22)23/h1-8,26H,9-13,21H2,(H3,22,23)(H,24,27)(H,25,28). The molecule has 2 rings (SSSR count). The Bertz CT molecular complexity index is 824. The lowest BCUT2D eigenvalue weighted by atomic mass is 10.1. The molecular formula is C20H26N6O2S. The molecular weight excluding hydrogens is 388 g/mol. The average molecular weight is 415 g/mol. The van der Waals surface area contributed by atoms with Crippen LogP contribution in [-0.2, 0) is 28.4 Å². The van der Waals surface area contributed by atoms with E-state index in [4.69, 9.17) is 16.9 Å². The quantitative estimate of drug-likeness (QED) is 0.137. The molecule has 0 saturated heterocycles. The lowest BCUT2D eigenvalue weighted by Crippen LogP contribution is -2.39. The Kier molecular flexibility index (Phi) is 9.16. The molecule has 2 aromatic rings. The number of hydrogen-bond donors (Lipinski definition) is 6. The topological polar surface area (TPSA) is 146 Å². The number of amidine groups is 1. The minimum Gasteiger partial charge on any atom is -0.384 e. The summed E-state index contributed by atoms with van der Waals surface area (Å²) < 4.78 is 2.98. The summed E-state index contributed by atoms with van der Waals surface area (Å²) in [4.78, 5) is 23.7. The molecule has 29 heavy (non-hydrogen) atoms. The van der Waals surface area contributed by atoms with Crippen LogP contribution in [0.15, 0.2) is 48.5 Å². The van der Waals surface area contributed by atoms with Gasteiger partial charge >= 0.3 is 0 Å². The van der Waals surface area contributed by atoms with Gasteiger partial charge in [0.2, 0.25) is 11.8 Å². The Balaban J connectivity index is 1.57. The average Bonchev–Trinajstić information content (AvgIpc) is 2.74. The zero-order chi connectivity index (χ0) is 21.1. The largest absolute Gasteiger partial charge is 0.384 e. The third-order valence-corrected chi connectivity index (χ3v) is 4.86. The Morgan fingerprint density at radius 1 is 0.862 bits per heavy atom. The highest BCUT2D eigenvalue weighted by molar-refractivity contribution is 7.96. The van der Waals surface area contributed by atoms with Crippen LogP contribution in [0, 0.1) is 5.41 Å². The molecule has 0 aliphatic carbocycles. The number of amides is 2. The number of hydrogen-bond acceptors (Lipinski definition) is 6. The molecule has 0 bridgehead atoms. The second-order valence-corrected chi connectivity index (χ2v) is 7.16. The lowest BCUT2D eigenvalue weighted by Gasteiger charge is -2.08. The van der Waals surface area contributed by atoms with E-state index in [0.717, 1.165) is 22.4 Å². The fourth-order valence-electron chi connectivity index (χ4n) is 2.33. The normalized spacial score (nSPS) is 10.4. The number of nitrogens with one attached hydrogen (secondary N) is 4. The molecule has 0 heterocycles. The molecule has 0 saturated carbocycles. The van der Waals surface area contributed by atoms with Crippen LogP contribution in [0.3, 0.4) is 0 Å². The van der Waals surface area contributed by atoms with Crippen LogP contribution in [-0.4, -0.2) is 30.7 Å². The van der Waals surface area contributed by atoms with Crippen molar-refractivity contribution in [2.45, 2.75) is 18.8 Å². The number of nitrogens with two attached hydrogens (primary N) is 2. The van der Waals surface area contributed by atoms with Crippen LogP contribution in [0.1, 0.15) is 22.3 Å². The zero-order valence-corrected chi connectivity index (χ0v) is 16.9. The Labute approximate surface area is 174 Å². The van der Waals surface area contributed by atoms with Crippen molar-refractivity contribution in [1.29, 1.82) is 5.41 Å². The predicted molar refractivity (Wildman–Crippen MR) is 116 cm³/mol. The van der Waals surface area contributed by atoms with E-state index in [9.17, 15) is 9.59 Å². The first-order chi connectivity index (χ1) is 14.0. The molecule has 0 fully saturated rings. The zero-order valence-electron chi connectivity index (χ0n) is 16.0. The van der Waals surface area contributed by atoms with Gasteiger partial charge in [-0.25, -0.2) is 0 Å². The van der Waals surface area contributed by atoms with Gasteiger partial charge in [-0.15, -0.1) is 0 Å². The van der Waals surface area contributed by atoms with Gasteiger partial charge in [-0.05, 0) is 16.7 Å². The minimum atomic E-state index is -0.276. The van der Waals surface area contributed by atoms with Crippen molar-refractivity contribution in [3.8, 4) is 0 Å². The number of rotatable bonds is 11. The fraction of sp³-hybridized carbons (Fsp3) is 0.250. The molecule has 8 N–H and O–H groups in total. The van der Waals surface area contributed by atoms with E-state index in [2.05, 4.69) is 15.4 Å². The summed E-state index contributed by atoms with van der Waals surface area (Å²) in [6.45, 7) is 0.887. The van der Waals surface area contributed by atoms with E-state index in [1.54, 1.807) is 24.3 Å². The van der Waals surface area contributed by atoms with Crippen LogP contribution in [0.2, 0.25) is 0 Å². The van der Waals surface area contributed by atoms with Crippen molar-refractivity contribution in [3.63, 3.8) is 0 Å². The maximum absolute atomic E-state index is 11.8. The van der Waals surface area contributed by atoms with Gasteiger partial charge in [0.25, 0.3) is 0 Å². The monoisotopic (exact) mass is 414 g/mol. The highest BCUT2D eigenvalue weighted by Gasteiger charge is 2.06. The molecule has 0 spiro atoms. The summed E-state index contributed by atoms with van der Waals surface area (Å²) in [5, 5.41) is 12.6. The number of nitrogen functional groups attached to an aromatic ring is 1. The smallest absolute Gasteiger partial charge is 0.239 e. The summed E-state index contributed by atoms with van der Waals surface area (Å²) in [5.41, 5.74) is 14.7. The molecule has 0 unspecified atom stereocenters. The van der Waals surface area contributed by atoms with Crippen molar-refractivity contribution in [2.24, 2.45) is 11.5 Å². The predicted octanol–water partition coefficient (Wildman–Crippen LogP) is 0.600. The van der Waals surface area contributed by atoms with Crippen LogP contribution in [0.25, 0.3) is 0 Å². The van der Waals surface area contributed by atoms with Crippen molar-refractivity contribution in [3.05, 3.63) is 70.8 Å². The summed E-state index contributed by atoms with van der Waals surface area (Å²) in [6.07, 6.45) is 0. The van der Waals surface area contributed by atoms with Crippen LogP contribution in [0.4, 0.5) is 0 Å². The van der Waals surface area contributed by atoms with Gasteiger partial charge in [-0.2, -0.15) is 0 Å². The maximum atomic E-state index is 11.8. The third-order valence-electron chi connectivity index (χ3n) is 4.03. The minimum absolute atomic E-state index is 0.000396. The maximum Gasteiger partial charge on any atom is 0.239 e. The Hall–Kier alpha value is -2.88. The fourth-order valence-corrected chi connectivity index (χ4v) is 3.02. The Morgan fingerprint density at radius 2 is 1.45 bits per heavy atom. The summed E-state index contributed by atoms with van der Waals surface area (Å²) >= 11 is 1.43. The van der Waals surface area contributed by atoms with E-state index in [1.165, 1.54) is 11.9 Å². The van der Waals surface area contributed by atoms with E-state index in [0.29, 0.717) is 18.7 Å². The number of benzene rings is 2. The van der Waals surface area contributed by atoms with Crippen molar-refractivity contribution >= 4 is 29.6 Å². The van der Waals surface area contributed by atoms with Gasteiger partial charge < -0.3 is 22.1 Å². The van der Waals surface area contributed by atoms with E-state index < -0.39 is 0 Å². The first-order valence-electron chi connectivity index (χ1n) is 9.07. The first kappa shape index (κ1) is 22.4. The first-order valence-corrected chi connectivity index (χ1v) is 10.1. The van der Waals surface area contributed by atoms with Crippen LogP contribution in [0.5, 0.6) is 0 Å². The van der Waals surface area contributed by atoms with Crippen molar-refractivity contribution < 1.29 is 9.59 Å². The summed E-state index contributed by atoms with van der Waals surface area (Å²) in [7, 11) is 0. The SMILES string of the molecule is N=C(N)c1ccc(CNC(=O)CNC(=O)CNSCc2ccc(CN)cc2)cc1. The molecule has 154 valence electrons. The summed E-state index contributed by atoms with van der Waals surface area (Å²) in [6, 6.07) is 15.0. The van der Waals surface area contributed by atoms with Crippen molar-refractivity contribution in [2.75, 3.05) is 13.1 Å². The molecule has 2 amide bonds. The summed E-state index contributed by atoms with van der Waals surface area (Å²) in [5.74, 6) is 0.194. The molecule has 0 atom stereocenters. The number of carbonyl (C=O) groups is 2. The molecule has 8 nitrogen and oxygen atoms in total. The highest BCUT2D eigenvalue weighted by Crippen LogP contribution is 2.10. The van der Waals surface area contributed by atoms with Crippen LogP contribution < -0.4 is 26.8 Å². The van der Waals surface area contributed by atoms with Gasteiger partial charge in [-0.1, -0.05) is 60.5 Å². The molecule has 0 aliphatic heterocycles. The van der Waals surface area contributed by atoms with Gasteiger partial charge in [0.1, 0.15) is 5.84 Å². The van der Waals surface area contributed by atoms with Crippen LogP contribution >= 0.6 is 11.9 Å².